The fraction of sp³-hybridized carbons (Fsp3) is 0.467. The molecule has 1 aromatic carbocycles. The number of rotatable bonds is 3. The molecular weight excluding hydrogens is 254 g/mol. The third-order valence-electron chi connectivity index (χ3n) is 3.44. The van der Waals surface area contributed by atoms with Crippen molar-refractivity contribution in [3.05, 3.63) is 23.8 Å². The first-order valence-corrected chi connectivity index (χ1v) is 6.81. The van der Waals surface area contributed by atoms with Crippen LogP contribution in [0.25, 0.3) is 0 Å². The Labute approximate surface area is 119 Å². The maximum absolute atomic E-state index is 11.9. The molecule has 0 fully saturated rings. The Bertz CT molecular complexity index is 550. The molecule has 3 N–H and O–H groups in total. The number of benzene rings is 1. The normalized spacial score (nSPS) is 15.8. The van der Waals surface area contributed by atoms with Crippen molar-refractivity contribution in [3.8, 4) is 0 Å². The average molecular weight is 275 g/mol. The molecule has 0 aromatic heterocycles. The van der Waals surface area contributed by atoms with Crippen LogP contribution in [0.3, 0.4) is 0 Å². The van der Waals surface area contributed by atoms with Crippen molar-refractivity contribution in [1.82, 2.24) is 5.32 Å². The average Bonchev–Trinajstić information content (AvgIpc) is 2.59. The number of fused-ring (bicyclic) bond motifs is 1. The largest absolute Gasteiger partial charge is 0.338 e. The summed E-state index contributed by atoms with van der Waals surface area (Å²) < 4.78 is 0. The van der Waals surface area contributed by atoms with Gasteiger partial charge in [-0.15, -0.1) is 0 Å². The molecule has 1 aliphatic heterocycles. The Morgan fingerprint density at radius 2 is 2.05 bits per heavy atom. The van der Waals surface area contributed by atoms with Gasteiger partial charge >= 0.3 is 6.03 Å². The van der Waals surface area contributed by atoms with Crippen LogP contribution in [0.2, 0.25) is 0 Å². The van der Waals surface area contributed by atoms with Gasteiger partial charge in [-0.3, -0.25) is 4.79 Å². The highest BCUT2D eigenvalue weighted by Crippen LogP contribution is 2.38. The number of nitrogens with one attached hydrogen (secondary N) is 3. The predicted molar refractivity (Wildman–Crippen MR) is 80.0 cm³/mol. The lowest BCUT2D eigenvalue weighted by atomic mass is 9.86. The molecular formula is C15H21N3O2. The Morgan fingerprint density at radius 1 is 1.35 bits per heavy atom. The Balaban J connectivity index is 2.11. The van der Waals surface area contributed by atoms with Crippen molar-refractivity contribution >= 4 is 23.3 Å². The van der Waals surface area contributed by atoms with E-state index in [2.05, 4.69) is 16.0 Å². The second-order valence-electron chi connectivity index (χ2n) is 6.07. The molecule has 2 rings (SSSR count). The third kappa shape index (κ3) is 2.76. The summed E-state index contributed by atoms with van der Waals surface area (Å²) in [6.45, 7) is 8.45. The molecule has 0 radical (unpaired) electrons. The topological polar surface area (TPSA) is 70.2 Å². The summed E-state index contributed by atoms with van der Waals surface area (Å²) in [5, 5.41) is 8.43. The highest BCUT2D eigenvalue weighted by molar-refractivity contribution is 6.06. The lowest BCUT2D eigenvalue weighted by Crippen LogP contribution is -2.31. The van der Waals surface area contributed by atoms with Crippen LogP contribution in [-0.2, 0) is 10.2 Å². The minimum Gasteiger partial charge on any atom is -0.338 e. The molecule has 1 heterocycles. The van der Waals surface area contributed by atoms with E-state index in [1.165, 1.54) is 0 Å². The standard InChI is InChI=1S/C15H21N3O2/c1-9(2)8-16-14(20)17-10-5-6-12-11(7-10)15(3,4)13(19)18-12/h5-7,9H,8H2,1-4H3,(H,18,19)(H2,16,17,20). The van der Waals surface area contributed by atoms with Crippen molar-refractivity contribution in [3.63, 3.8) is 0 Å². The van der Waals surface area contributed by atoms with Gasteiger partial charge in [0.25, 0.3) is 0 Å². The molecule has 1 aliphatic rings. The molecule has 0 unspecified atom stereocenters. The van der Waals surface area contributed by atoms with E-state index in [4.69, 9.17) is 0 Å². The first-order chi connectivity index (χ1) is 9.30. The highest BCUT2D eigenvalue weighted by Gasteiger charge is 2.38. The van der Waals surface area contributed by atoms with Crippen LogP contribution in [0.1, 0.15) is 33.3 Å². The van der Waals surface area contributed by atoms with Gasteiger partial charge in [0.05, 0.1) is 5.41 Å². The first-order valence-electron chi connectivity index (χ1n) is 6.81. The fourth-order valence-electron chi connectivity index (χ4n) is 2.12. The second kappa shape index (κ2) is 5.15. The molecule has 1 aromatic rings. The van der Waals surface area contributed by atoms with Gasteiger partial charge in [0.1, 0.15) is 0 Å². The summed E-state index contributed by atoms with van der Waals surface area (Å²) >= 11 is 0. The van der Waals surface area contributed by atoms with Crippen LogP contribution in [0.15, 0.2) is 18.2 Å². The van der Waals surface area contributed by atoms with Crippen molar-refractivity contribution < 1.29 is 9.59 Å². The summed E-state index contributed by atoms with van der Waals surface area (Å²) in [5.41, 5.74) is 1.84. The molecule has 3 amide bonds. The molecule has 0 aliphatic carbocycles. The van der Waals surface area contributed by atoms with Crippen LogP contribution in [-0.4, -0.2) is 18.5 Å². The monoisotopic (exact) mass is 275 g/mol. The van der Waals surface area contributed by atoms with E-state index in [1.807, 2.05) is 39.8 Å². The Morgan fingerprint density at radius 3 is 2.70 bits per heavy atom. The van der Waals surface area contributed by atoms with E-state index >= 15 is 0 Å². The number of hydrogen-bond donors (Lipinski definition) is 3. The minimum absolute atomic E-state index is 0.0195. The second-order valence-corrected chi connectivity index (χ2v) is 6.07. The van der Waals surface area contributed by atoms with Gasteiger partial charge in [-0.25, -0.2) is 4.79 Å². The van der Waals surface area contributed by atoms with Crippen molar-refractivity contribution in [2.45, 2.75) is 33.1 Å². The summed E-state index contributed by atoms with van der Waals surface area (Å²) in [6, 6.07) is 5.23. The minimum atomic E-state index is -0.568. The van der Waals surface area contributed by atoms with Crippen molar-refractivity contribution in [1.29, 1.82) is 0 Å². The summed E-state index contributed by atoms with van der Waals surface area (Å²) in [7, 11) is 0. The van der Waals surface area contributed by atoms with Crippen molar-refractivity contribution in [2.24, 2.45) is 5.92 Å². The summed E-state index contributed by atoms with van der Waals surface area (Å²) in [6.07, 6.45) is 0. The number of anilines is 2. The third-order valence-corrected chi connectivity index (χ3v) is 3.44. The lowest BCUT2D eigenvalue weighted by Gasteiger charge is -2.16. The Kier molecular flexibility index (Phi) is 3.70. The maximum atomic E-state index is 11.9. The Hall–Kier alpha value is -2.04. The number of amides is 3. The van der Waals surface area contributed by atoms with Gasteiger partial charge in [0.15, 0.2) is 0 Å². The SMILES string of the molecule is CC(C)CNC(=O)Nc1ccc2c(c1)C(C)(C)C(=O)N2. The van der Waals surface area contributed by atoms with Gasteiger partial charge in [-0.05, 0) is 43.5 Å². The van der Waals surface area contributed by atoms with Gasteiger partial charge in [-0.2, -0.15) is 0 Å². The molecule has 0 saturated heterocycles. The van der Waals surface area contributed by atoms with Gasteiger partial charge < -0.3 is 16.0 Å². The molecule has 0 saturated carbocycles. The zero-order valence-corrected chi connectivity index (χ0v) is 12.3. The van der Waals surface area contributed by atoms with E-state index in [-0.39, 0.29) is 11.9 Å². The first kappa shape index (κ1) is 14.4. The maximum Gasteiger partial charge on any atom is 0.319 e. The molecule has 20 heavy (non-hydrogen) atoms. The smallest absolute Gasteiger partial charge is 0.319 e. The molecule has 0 spiro atoms. The molecule has 0 bridgehead atoms. The fourth-order valence-corrected chi connectivity index (χ4v) is 2.12. The van der Waals surface area contributed by atoms with E-state index < -0.39 is 5.41 Å². The van der Waals surface area contributed by atoms with E-state index in [9.17, 15) is 9.59 Å². The van der Waals surface area contributed by atoms with Gasteiger partial charge in [0, 0.05) is 17.9 Å². The number of carbonyl (C=O) groups excluding carboxylic acids is 2. The van der Waals surface area contributed by atoms with Crippen LogP contribution in [0.4, 0.5) is 16.2 Å². The van der Waals surface area contributed by atoms with Crippen LogP contribution < -0.4 is 16.0 Å². The summed E-state index contributed by atoms with van der Waals surface area (Å²) in [4.78, 5) is 23.6. The van der Waals surface area contributed by atoms with Crippen molar-refractivity contribution in [2.75, 3.05) is 17.2 Å². The summed E-state index contributed by atoms with van der Waals surface area (Å²) in [5.74, 6) is 0.385. The van der Waals surface area contributed by atoms with Gasteiger partial charge in [0.2, 0.25) is 5.91 Å². The number of hydrogen-bond acceptors (Lipinski definition) is 2. The van der Waals surface area contributed by atoms with Crippen LogP contribution in [0.5, 0.6) is 0 Å². The lowest BCUT2D eigenvalue weighted by molar-refractivity contribution is -0.119. The molecule has 108 valence electrons. The highest BCUT2D eigenvalue weighted by atomic mass is 16.2. The van der Waals surface area contributed by atoms with E-state index in [0.717, 1.165) is 11.3 Å². The quantitative estimate of drug-likeness (QED) is 0.793. The number of carbonyl (C=O) groups is 2. The zero-order valence-electron chi connectivity index (χ0n) is 12.3. The number of urea groups is 1. The van der Waals surface area contributed by atoms with E-state index in [1.54, 1.807) is 6.07 Å². The molecule has 0 atom stereocenters. The van der Waals surface area contributed by atoms with E-state index in [0.29, 0.717) is 18.2 Å². The molecule has 5 heteroatoms. The predicted octanol–water partition coefficient (Wildman–Crippen LogP) is 2.69. The molecule has 5 nitrogen and oxygen atoms in total. The van der Waals surface area contributed by atoms with Gasteiger partial charge in [-0.1, -0.05) is 13.8 Å². The zero-order chi connectivity index (χ0) is 14.9. The van der Waals surface area contributed by atoms with Crippen LogP contribution in [0, 0.1) is 5.92 Å². The van der Waals surface area contributed by atoms with Crippen LogP contribution >= 0.6 is 0 Å².